The summed E-state index contributed by atoms with van der Waals surface area (Å²) in [4.78, 5) is 0. The number of benzene rings is 2. The van der Waals surface area contributed by atoms with Gasteiger partial charge in [-0.05, 0) is 52.0 Å². The Kier molecular flexibility index (Phi) is 5.67. The van der Waals surface area contributed by atoms with E-state index in [0.717, 1.165) is 16.6 Å². The molecule has 1 N–H and O–H groups in total. The molecule has 0 aliphatic rings. The first kappa shape index (κ1) is 15.9. The number of nitriles is 1. The smallest absolute Gasteiger partial charge is 0.115 e. The number of anilines is 1. The lowest BCUT2D eigenvalue weighted by atomic mass is 9.94. The molecule has 2 atom stereocenters. The van der Waals surface area contributed by atoms with Gasteiger partial charge in [-0.1, -0.05) is 48.9 Å². The highest BCUT2D eigenvalue weighted by molar-refractivity contribution is 9.10. The minimum atomic E-state index is -0.242. The van der Waals surface area contributed by atoms with Crippen molar-refractivity contribution in [1.82, 2.24) is 0 Å². The van der Waals surface area contributed by atoms with Crippen LogP contribution in [-0.2, 0) is 0 Å². The SMILES string of the molecule is CC(CC(C#N)Nc1ccc(Cl)c(Br)c1)c1ccccc1. The van der Waals surface area contributed by atoms with Crippen molar-refractivity contribution in [3.63, 3.8) is 0 Å². The molecule has 0 heterocycles. The summed E-state index contributed by atoms with van der Waals surface area (Å²) >= 11 is 9.37. The van der Waals surface area contributed by atoms with Gasteiger partial charge in [0, 0.05) is 10.2 Å². The van der Waals surface area contributed by atoms with Gasteiger partial charge >= 0.3 is 0 Å². The first-order chi connectivity index (χ1) is 10.1. The Morgan fingerprint density at radius 3 is 2.57 bits per heavy atom. The first-order valence-electron chi connectivity index (χ1n) is 6.76. The lowest BCUT2D eigenvalue weighted by Crippen LogP contribution is -2.19. The molecule has 0 saturated carbocycles. The number of nitrogens with one attached hydrogen (secondary N) is 1. The molecular formula is C17H16BrClN2. The summed E-state index contributed by atoms with van der Waals surface area (Å²) in [6.45, 7) is 2.14. The van der Waals surface area contributed by atoms with E-state index >= 15 is 0 Å². The minimum Gasteiger partial charge on any atom is -0.370 e. The number of rotatable bonds is 5. The first-order valence-corrected chi connectivity index (χ1v) is 7.93. The number of hydrogen-bond acceptors (Lipinski definition) is 2. The summed E-state index contributed by atoms with van der Waals surface area (Å²) in [5.41, 5.74) is 2.13. The summed E-state index contributed by atoms with van der Waals surface area (Å²) < 4.78 is 0.821. The lowest BCUT2D eigenvalue weighted by Gasteiger charge is -2.18. The van der Waals surface area contributed by atoms with E-state index in [2.05, 4.69) is 46.4 Å². The van der Waals surface area contributed by atoms with Gasteiger partial charge in [-0.25, -0.2) is 0 Å². The highest BCUT2D eigenvalue weighted by Gasteiger charge is 2.14. The zero-order valence-corrected chi connectivity index (χ0v) is 14.0. The highest BCUT2D eigenvalue weighted by atomic mass is 79.9. The van der Waals surface area contributed by atoms with Crippen molar-refractivity contribution in [2.75, 3.05) is 5.32 Å². The molecular weight excluding hydrogens is 348 g/mol. The van der Waals surface area contributed by atoms with E-state index in [-0.39, 0.29) is 6.04 Å². The monoisotopic (exact) mass is 362 g/mol. The van der Waals surface area contributed by atoms with Crippen molar-refractivity contribution < 1.29 is 0 Å². The van der Waals surface area contributed by atoms with Gasteiger partial charge in [0.25, 0.3) is 0 Å². The molecule has 0 amide bonds. The Hall–Kier alpha value is -1.50. The molecule has 4 heteroatoms. The second-order valence-corrected chi connectivity index (χ2v) is 6.26. The fourth-order valence-electron chi connectivity index (χ4n) is 2.20. The Balaban J connectivity index is 2.03. The number of nitrogens with zero attached hydrogens (tertiary/aromatic N) is 1. The van der Waals surface area contributed by atoms with E-state index in [0.29, 0.717) is 10.9 Å². The normalized spacial score (nSPS) is 13.2. The van der Waals surface area contributed by atoms with E-state index in [9.17, 15) is 5.26 Å². The van der Waals surface area contributed by atoms with Gasteiger partial charge in [0.1, 0.15) is 6.04 Å². The molecule has 0 fully saturated rings. The van der Waals surface area contributed by atoms with Gasteiger partial charge in [-0.2, -0.15) is 5.26 Å². The molecule has 2 unspecified atom stereocenters. The van der Waals surface area contributed by atoms with Gasteiger partial charge in [0.15, 0.2) is 0 Å². The van der Waals surface area contributed by atoms with Crippen molar-refractivity contribution in [3.05, 3.63) is 63.6 Å². The lowest BCUT2D eigenvalue weighted by molar-refractivity contribution is 0.652. The van der Waals surface area contributed by atoms with Crippen LogP contribution in [0.3, 0.4) is 0 Å². The topological polar surface area (TPSA) is 35.8 Å². The summed E-state index contributed by atoms with van der Waals surface area (Å²) in [6.07, 6.45) is 0.751. The Morgan fingerprint density at radius 1 is 1.24 bits per heavy atom. The van der Waals surface area contributed by atoms with Crippen LogP contribution in [0.1, 0.15) is 24.8 Å². The molecule has 0 aliphatic carbocycles. The van der Waals surface area contributed by atoms with E-state index in [4.69, 9.17) is 11.6 Å². The van der Waals surface area contributed by atoms with E-state index < -0.39 is 0 Å². The number of hydrogen-bond donors (Lipinski definition) is 1. The van der Waals surface area contributed by atoms with Crippen LogP contribution in [0.5, 0.6) is 0 Å². The average Bonchev–Trinajstić information content (AvgIpc) is 2.51. The molecule has 2 aromatic rings. The third-order valence-electron chi connectivity index (χ3n) is 3.37. The maximum Gasteiger partial charge on any atom is 0.115 e. The van der Waals surface area contributed by atoms with Crippen LogP contribution < -0.4 is 5.32 Å². The molecule has 0 aromatic heterocycles. The van der Waals surface area contributed by atoms with Crippen molar-refractivity contribution in [2.45, 2.75) is 25.3 Å². The Morgan fingerprint density at radius 2 is 1.95 bits per heavy atom. The molecule has 2 rings (SSSR count). The van der Waals surface area contributed by atoms with Gasteiger partial charge in [0.2, 0.25) is 0 Å². The predicted octanol–water partition coefficient (Wildman–Crippen LogP) is 5.60. The van der Waals surface area contributed by atoms with E-state index in [1.807, 2.05) is 36.4 Å². The van der Waals surface area contributed by atoms with Crippen LogP contribution >= 0.6 is 27.5 Å². The van der Waals surface area contributed by atoms with Gasteiger partial charge < -0.3 is 5.32 Å². The molecule has 0 saturated heterocycles. The summed E-state index contributed by atoms with van der Waals surface area (Å²) in [5.74, 6) is 0.319. The Labute approximate surface area is 138 Å². The van der Waals surface area contributed by atoms with Crippen LogP contribution in [0.25, 0.3) is 0 Å². The average molecular weight is 364 g/mol. The zero-order chi connectivity index (χ0) is 15.2. The third-order valence-corrected chi connectivity index (χ3v) is 4.59. The summed E-state index contributed by atoms with van der Waals surface area (Å²) in [5, 5.41) is 13.3. The second kappa shape index (κ2) is 7.49. The third kappa shape index (κ3) is 4.49. The van der Waals surface area contributed by atoms with E-state index in [1.54, 1.807) is 0 Å². The van der Waals surface area contributed by atoms with Gasteiger partial charge in [-0.3, -0.25) is 0 Å². The van der Waals surface area contributed by atoms with Crippen molar-refractivity contribution >= 4 is 33.2 Å². The zero-order valence-electron chi connectivity index (χ0n) is 11.7. The van der Waals surface area contributed by atoms with Crippen LogP contribution in [0.15, 0.2) is 53.0 Å². The van der Waals surface area contributed by atoms with Crippen molar-refractivity contribution in [1.29, 1.82) is 5.26 Å². The molecule has 0 bridgehead atoms. The molecule has 2 aromatic carbocycles. The van der Waals surface area contributed by atoms with E-state index in [1.165, 1.54) is 5.56 Å². The van der Waals surface area contributed by atoms with Crippen LogP contribution in [0.4, 0.5) is 5.69 Å². The van der Waals surface area contributed by atoms with Gasteiger partial charge in [0.05, 0.1) is 11.1 Å². The minimum absolute atomic E-state index is 0.242. The molecule has 2 nitrogen and oxygen atoms in total. The summed E-state index contributed by atoms with van der Waals surface area (Å²) in [6, 6.07) is 17.9. The quantitative estimate of drug-likeness (QED) is 0.750. The van der Waals surface area contributed by atoms with Crippen LogP contribution in [-0.4, -0.2) is 6.04 Å². The maximum atomic E-state index is 9.36. The van der Waals surface area contributed by atoms with Gasteiger partial charge in [-0.15, -0.1) is 0 Å². The largest absolute Gasteiger partial charge is 0.370 e. The molecule has 0 spiro atoms. The second-order valence-electron chi connectivity index (χ2n) is 5.00. The standard InChI is InChI=1S/C17H16BrClN2/c1-12(13-5-3-2-4-6-13)9-15(11-20)21-14-7-8-17(19)16(18)10-14/h2-8,10,12,15,21H,9H2,1H3. The molecule has 0 aliphatic heterocycles. The fourth-order valence-corrected chi connectivity index (χ4v) is 2.70. The molecule has 108 valence electrons. The van der Waals surface area contributed by atoms with Crippen LogP contribution in [0.2, 0.25) is 5.02 Å². The Bertz CT molecular complexity index is 637. The van der Waals surface area contributed by atoms with Crippen LogP contribution in [0, 0.1) is 11.3 Å². The van der Waals surface area contributed by atoms with Crippen molar-refractivity contribution in [2.24, 2.45) is 0 Å². The predicted molar refractivity (Wildman–Crippen MR) is 91.6 cm³/mol. The maximum absolute atomic E-state index is 9.36. The van der Waals surface area contributed by atoms with Crippen molar-refractivity contribution in [3.8, 4) is 6.07 Å². The molecule has 21 heavy (non-hydrogen) atoms. The highest BCUT2D eigenvalue weighted by Crippen LogP contribution is 2.27. The number of halogens is 2. The summed E-state index contributed by atoms with van der Waals surface area (Å²) in [7, 11) is 0. The fraction of sp³-hybridized carbons (Fsp3) is 0.235. The molecule has 0 radical (unpaired) electrons.